The highest BCUT2D eigenvalue weighted by molar-refractivity contribution is 5.78. The molecule has 1 unspecified atom stereocenters. The summed E-state index contributed by atoms with van der Waals surface area (Å²) >= 11 is 0. The molecule has 3 heterocycles. The lowest BCUT2D eigenvalue weighted by molar-refractivity contribution is -0.402. The Labute approximate surface area is 132 Å². The largest absolute Gasteiger partial charge is 0.441 e. The molecule has 0 aromatic carbocycles. The number of nitrogens with zero attached hydrogens (tertiary/aromatic N) is 4. The number of carbonyl (C=O) groups is 1. The van der Waals surface area contributed by atoms with E-state index in [2.05, 4.69) is 10.0 Å². The van der Waals surface area contributed by atoms with Gasteiger partial charge in [0.1, 0.15) is 11.0 Å². The van der Waals surface area contributed by atoms with Crippen molar-refractivity contribution in [2.75, 3.05) is 26.2 Å². The molecule has 3 rings (SSSR count). The zero-order valence-corrected chi connectivity index (χ0v) is 12.6. The van der Waals surface area contributed by atoms with Crippen LogP contribution in [0.2, 0.25) is 0 Å². The van der Waals surface area contributed by atoms with Gasteiger partial charge in [-0.05, 0) is 32.0 Å². The average molecular weight is 322 g/mol. The Kier molecular flexibility index (Phi) is 4.56. The summed E-state index contributed by atoms with van der Waals surface area (Å²) in [5.41, 5.74) is 0. The average Bonchev–Trinajstić information content (AvgIpc) is 3.13. The number of cyclic esters (lactones) is 1. The van der Waals surface area contributed by atoms with E-state index in [0.717, 1.165) is 13.1 Å². The molecule has 0 saturated carbocycles. The lowest BCUT2D eigenvalue weighted by atomic mass is 10.1. The van der Waals surface area contributed by atoms with E-state index >= 15 is 0 Å². The predicted octanol–water partition coefficient (Wildman–Crippen LogP) is 1.83. The number of amides is 1. The number of hydrazone groups is 1. The molecule has 1 atom stereocenters. The van der Waals surface area contributed by atoms with Crippen molar-refractivity contribution in [2.24, 2.45) is 5.10 Å². The van der Waals surface area contributed by atoms with Gasteiger partial charge >= 0.3 is 12.0 Å². The first kappa shape index (κ1) is 15.5. The zero-order chi connectivity index (χ0) is 16.2. The van der Waals surface area contributed by atoms with Gasteiger partial charge in [-0.1, -0.05) is 6.42 Å². The summed E-state index contributed by atoms with van der Waals surface area (Å²) in [6.45, 7) is 3.15. The van der Waals surface area contributed by atoms with Gasteiger partial charge in [0.25, 0.3) is 0 Å². The number of hydrogen-bond donors (Lipinski definition) is 0. The number of likely N-dealkylation sites (tertiary alicyclic amines) is 1. The highest BCUT2D eigenvalue weighted by Crippen LogP contribution is 2.17. The molecule has 1 aromatic heterocycles. The first-order valence-corrected chi connectivity index (χ1v) is 7.60. The van der Waals surface area contributed by atoms with Crippen LogP contribution >= 0.6 is 0 Å². The molecule has 2 aliphatic rings. The van der Waals surface area contributed by atoms with Gasteiger partial charge in [-0.3, -0.25) is 15.0 Å². The molecule has 0 N–H and O–H groups in total. The summed E-state index contributed by atoms with van der Waals surface area (Å²) in [5, 5.41) is 15.7. The maximum Gasteiger partial charge on any atom is 0.433 e. The maximum absolute atomic E-state index is 11.8. The summed E-state index contributed by atoms with van der Waals surface area (Å²) in [4.78, 5) is 24.0. The van der Waals surface area contributed by atoms with Gasteiger partial charge < -0.3 is 9.15 Å². The van der Waals surface area contributed by atoms with Gasteiger partial charge in [0.05, 0.1) is 18.8 Å². The second-order valence-corrected chi connectivity index (χ2v) is 5.63. The summed E-state index contributed by atoms with van der Waals surface area (Å²) in [5.74, 6) is -0.151. The van der Waals surface area contributed by atoms with Crippen LogP contribution in [0.25, 0.3) is 0 Å². The van der Waals surface area contributed by atoms with Gasteiger partial charge in [0, 0.05) is 6.54 Å². The minimum atomic E-state index is -0.629. The van der Waals surface area contributed by atoms with Crippen molar-refractivity contribution in [3.05, 3.63) is 28.0 Å². The van der Waals surface area contributed by atoms with Crippen LogP contribution in [0.3, 0.4) is 0 Å². The van der Waals surface area contributed by atoms with E-state index in [1.807, 2.05) is 0 Å². The number of furan rings is 1. The van der Waals surface area contributed by atoms with E-state index in [0.29, 0.717) is 13.1 Å². The maximum atomic E-state index is 11.8. The van der Waals surface area contributed by atoms with Gasteiger partial charge in [-0.15, -0.1) is 0 Å². The monoisotopic (exact) mass is 322 g/mol. The number of carbonyl (C=O) groups excluding carboxylic acids is 1. The van der Waals surface area contributed by atoms with Crippen LogP contribution in [0.1, 0.15) is 25.0 Å². The van der Waals surface area contributed by atoms with Crippen LogP contribution in [0.4, 0.5) is 10.7 Å². The molecule has 9 heteroatoms. The second-order valence-electron chi connectivity index (χ2n) is 5.63. The summed E-state index contributed by atoms with van der Waals surface area (Å²) < 4.78 is 10.3. The normalized spacial score (nSPS) is 22.7. The predicted molar refractivity (Wildman–Crippen MR) is 80.2 cm³/mol. The molecule has 1 aromatic rings. The van der Waals surface area contributed by atoms with E-state index in [1.54, 1.807) is 0 Å². The van der Waals surface area contributed by atoms with Crippen molar-refractivity contribution in [2.45, 2.75) is 25.4 Å². The molecule has 2 saturated heterocycles. The van der Waals surface area contributed by atoms with E-state index in [1.165, 1.54) is 42.6 Å². The van der Waals surface area contributed by atoms with E-state index < -0.39 is 11.0 Å². The molecule has 1 amide bonds. The highest BCUT2D eigenvalue weighted by Gasteiger charge is 2.32. The fourth-order valence-corrected chi connectivity index (χ4v) is 2.76. The molecule has 0 radical (unpaired) electrons. The number of ether oxygens (including phenoxy) is 1. The molecule has 0 aliphatic carbocycles. The van der Waals surface area contributed by atoms with Crippen LogP contribution < -0.4 is 0 Å². The van der Waals surface area contributed by atoms with Crippen LogP contribution in [-0.2, 0) is 4.74 Å². The standard InChI is InChI=1S/C14H18N4O5/c19-14-17(15-8-11-4-5-13(22-11)18(20)21)10-12(23-14)9-16-6-2-1-3-7-16/h4-5,8,12H,1-3,6-7,9-10H2. The Bertz CT molecular complexity index is 608. The molecule has 2 aliphatic heterocycles. The third-order valence-electron chi connectivity index (χ3n) is 3.88. The lowest BCUT2D eigenvalue weighted by Crippen LogP contribution is -2.37. The SMILES string of the molecule is O=C1OC(CN2CCCCC2)CN1N=Cc1ccc([N+](=O)[O-])o1. The first-order chi connectivity index (χ1) is 11.1. The van der Waals surface area contributed by atoms with Gasteiger partial charge in [-0.25, -0.2) is 4.79 Å². The number of rotatable bonds is 5. The van der Waals surface area contributed by atoms with Gasteiger partial charge in [0.15, 0.2) is 5.76 Å². The summed E-state index contributed by atoms with van der Waals surface area (Å²) in [6.07, 6.45) is 4.18. The Morgan fingerprint density at radius 3 is 2.83 bits per heavy atom. The Hall–Kier alpha value is -2.42. The van der Waals surface area contributed by atoms with Crippen molar-refractivity contribution >= 4 is 18.2 Å². The van der Waals surface area contributed by atoms with Crippen LogP contribution in [-0.4, -0.2) is 59.4 Å². The molecule has 124 valence electrons. The van der Waals surface area contributed by atoms with Crippen molar-refractivity contribution in [3.8, 4) is 0 Å². The van der Waals surface area contributed by atoms with E-state index in [9.17, 15) is 14.9 Å². The first-order valence-electron chi connectivity index (χ1n) is 7.60. The summed E-state index contributed by atoms with van der Waals surface area (Å²) in [7, 11) is 0. The smallest absolute Gasteiger partial charge is 0.433 e. The van der Waals surface area contributed by atoms with Crippen LogP contribution in [0.5, 0.6) is 0 Å². The van der Waals surface area contributed by atoms with Crippen molar-refractivity contribution in [1.29, 1.82) is 0 Å². The third-order valence-corrected chi connectivity index (χ3v) is 3.88. The highest BCUT2D eigenvalue weighted by atomic mass is 16.6. The van der Waals surface area contributed by atoms with E-state index in [-0.39, 0.29) is 17.7 Å². The number of nitro groups is 1. The fourth-order valence-electron chi connectivity index (χ4n) is 2.76. The Balaban J connectivity index is 1.54. The molecule has 23 heavy (non-hydrogen) atoms. The third kappa shape index (κ3) is 3.86. The lowest BCUT2D eigenvalue weighted by Gasteiger charge is -2.27. The minimum absolute atomic E-state index is 0.205. The molecule has 2 fully saturated rings. The summed E-state index contributed by atoms with van der Waals surface area (Å²) in [6, 6.07) is 2.66. The van der Waals surface area contributed by atoms with Gasteiger partial charge in [0.2, 0.25) is 0 Å². The van der Waals surface area contributed by atoms with Crippen molar-refractivity contribution in [1.82, 2.24) is 9.91 Å². The Morgan fingerprint density at radius 1 is 1.35 bits per heavy atom. The van der Waals surface area contributed by atoms with E-state index in [4.69, 9.17) is 9.15 Å². The van der Waals surface area contributed by atoms with Crippen LogP contribution in [0.15, 0.2) is 21.7 Å². The minimum Gasteiger partial charge on any atom is -0.441 e. The zero-order valence-electron chi connectivity index (χ0n) is 12.6. The molecular weight excluding hydrogens is 304 g/mol. The number of hydrogen-bond acceptors (Lipinski definition) is 7. The van der Waals surface area contributed by atoms with Crippen LogP contribution in [0, 0.1) is 10.1 Å². The quantitative estimate of drug-likeness (QED) is 0.465. The second kappa shape index (κ2) is 6.78. The fraction of sp³-hybridized carbons (Fsp3) is 0.571. The number of piperidine rings is 1. The van der Waals surface area contributed by atoms with Gasteiger partial charge in [-0.2, -0.15) is 10.1 Å². The molecule has 0 spiro atoms. The molecular formula is C14H18N4O5. The van der Waals surface area contributed by atoms with Crippen molar-refractivity contribution in [3.63, 3.8) is 0 Å². The van der Waals surface area contributed by atoms with Crippen molar-refractivity contribution < 1.29 is 18.9 Å². The molecule has 0 bridgehead atoms. The molecule has 9 nitrogen and oxygen atoms in total. The topological polar surface area (TPSA) is 101 Å². The Morgan fingerprint density at radius 2 is 2.13 bits per heavy atom.